The summed E-state index contributed by atoms with van der Waals surface area (Å²) >= 11 is 0. The van der Waals surface area contributed by atoms with Gasteiger partial charge in [0.1, 0.15) is 12.0 Å². The quantitative estimate of drug-likeness (QED) is 0.768. The molecule has 0 aliphatic heterocycles. The molecule has 19 heavy (non-hydrogen) atoms. The number of rotatable bonds is 4. The molecule has 0 fully saturated rings. The number of hydrogen-bond acceptors (Lipinski definition) is 2. The van der Waals surface area contributed by atoms with Crippen molar-refractivity contribution in [3.05, 3.63) is 27.8 Å². The third-order valence-electron chi connectivity index (χ3n) is 4.51. The van der Waals surface area contributed by atoms with Crippen LogP contribution in [0.1, 0.15) is 59.9 Å². The van der Waals surface area contributed by atoms with Gasteiger partial charge >= 0.3 is 0 Å². The molecule has 0 saturated heterocycles. The van der Waals surface area contributed by atoms with Crippen molar-refractivity contribution in [2.45, 2.75) is 58.8 Å². The van der Waals surface area contributed by atoms with Crippen molar-refractivity contribution in [2.75, 3.05) is 7.11 Å². The Morgan fingerprint density at radius 1 is 1.16 bits per heavy atom. The number of methoxy groups -OCH3 is 1. The average molecular weight is 260 g/mol. The molecule has 0 saturated carbocycles. The number of carbonyl (C=O) groups is 1. The summed E-state index contributed by atoms with van der Waals surface area (Å²) in [6.45, 7) is 6.48. The van der Waals surface area contributed by atoms with Crippen LogP contribution in [0.15, 0.2) is 0 Å². The van der Waals surface area contributed by atoms with Crippen LogP contribution in [-0.4, -0.2) is 13.4 Å². The maximum absolute atomic E-state index is 10.8. The first-order valence-corrected chi connectivity index (χ1v) is 7.24. The van der Waals surface area contributed by atoms with Gasteiger partial charge in [-0.15, -0.1) is 0 Å². The molecule has 0 spiro atoms. The number of benzene rings is 1. The van der Waals surface area contributed by atoms with Crippen molar-refractivity contribution >= 4 is 6.29 Å². The first-order valence-electron chi connectivity index (χ1n) is 7.24. The molecule has 2 heteroatoms. The maximum Gasteiger partial charge on any atom is 0.125 e. The van der Waals surface area contributed by atoms with Gasteiger partial charge in [0.15, 0.2) is 0 Å². The Hall–Kier alpha value is -1.31. The molecule has 0 amide bonds. The van der Waals surface area contributed by atoms with Crippen molar-refractivity contribution in [3.63, 3.8) is 0 Å². The average Bonchev–Trinajstić information content (AvgIpc) is 2.42. The molecule has 0 heterocycles. The number of ether oxygens (including phenoxy) is 1. The summed E-state index contributed by atoms with van der Waals surface area (Å²) in [6, 6.07) is 0. The van der Waals surface area contributed by atoms with Gasteiger partial charge in [-0.1, -0.05) is 6.92 Å². The first kappa shape index (κ1) is 14.1. The van der Waals surface area contributed by atoms with Crippen LogP contribution in [0, 0.1) is 13.8 Å². The third kappa shape index (κ3) is 2.41. The van der Waals surface area contributed by atoms with Crippen molar-refractivity contribution in [1.82, 2.24) is 0 Å². The summed E-state index contributed by atoms with van der Waals surface area (Å²) in [7, 11) is 1.74. The van der Waals surface area contributed by atoms with Crippen molar-refractivity contribution in [1.29, 1.82) is 0 Å². The second-order valence-corrected chi connectivity index (χ2v) is 5.66. The lowest BCUT2D eigenvalue weighted by Gasteiger charge is -2.27. The van der Waals surface area contributed by atoms with Crippen LogP contribution < -0.4 is 4.74 Å². The smallest absolute Gasteiger partial charge is 0.125 e. The third-order valence-corrected chi connectivity index (χ3v) is 4.51. The Balaban J connectivity index is 2.64. The van der Waals surface area contributed by atoms with E-state index in [1.54, 1.807) is 7.11 Å². The second kappa shape index (κ2) is 5.77. The largest absolute Gasteiger partial charge is 0.496 e. The molecule has 2 rings (SSSR count). The van der Waals surface area contributed by atoms with Gasteiger partial charge in [-0.3, -0.25) is 0 Å². The highest BCUT2D eigenvalue weighted by Gasteiger charge is 2.24. The molecule has 104 valence electrons. The molecule has 1 atom stereocenters. The predicted molar refractivity (Wildman–Crippen MR) is 78.2 cm³/mol. The SMILES string of the molecule is COc1c(C)c2c(c(C)c1C(C)CC=O)CCCC2. The van der Waals surface area contributed by atoms with Crippen molar-refractivity contribution in [2.24, 2.45) is 0 Å². The van der Waals surface area contributed by atoms with Crippen LogP contribution in [0.2, 0.25) is 0 Å². The van der Waals surface area contributed by atoms with Gasteiger partial charge in [-0.2, -0.15) is 0 Å². The Bertz CT molecular complexity index is 489. The van der Waals surface area contributed by atoms with Gasteiger partial charge < -0.3 is 9.53 Å². The lowest BCUT2D eigenvalue weighted by Crippen LogP contribution is -2.13. The molecule has 1 unspecified atom stereocenters. The molecule has 1 aromatic rings. The van der Waals surface area contributed by atoms with Gasteiger partial charge in [-0.25, -0.2) is 0 Å². The van der Waals surface area contributed by atoms with Crippen LogP contribution in [0.3, 0.4) is 0 Å². The topological polar surface area (TPSA) is 26.3 Å². The van der Waals surface area contributed by atoms with E-state index in [0.29, 0.717) is 6.42 Å². The fourth-order valence-electron chi connectivity index (χ4n) is 3.52. The Labute approximate surface area is 116 Å². The second-order valence-electron chi connectivity index (χ2n) is 5.66. The minimum atomic E-state index is 0.235. The van der Waals surface area contributed by atoms with Crippen LogP contribution >= 0.6 is 0 Å². The van der Waals surface area contributed by atoms with E-state index in [-0.39, 0.29) is 5.92 Å². The normalized spacial score (nSPS) is 15.8. The Morgan fingerprint density at radius 2 is 1.74 bits per heavy atom. The molecule has 1 aliphatic carbocycles. The number of aldehydes is 1. The summed E-state index contributed by atoms with van der Waals surface area (Å²) in [6.07, 6.45) is 6.47. The molecule has 0 radical (unpaired) electrons. The van der Waals surface area contributed by atoms with E-state index in [0.717, 1.165) is 12.0 Å². The Morgan fingerprint density at radius 3 is 2.26 bits per heavy atom. The number of fused-ring (bicyclic) bond motifs is 1. The number of carbonyl (C=O) groups excluding carboxylic acids is 1. The molecule has 1 aliphatic rings. The van der Waals surface area contributed by atoms with Crippen LogP contribution in [0.25, 0.3) is 0 Å². The summed E-state index contributed by atoms with van der Waals surface area (Å²) in [4.78, 5) is 10.8. The van der Waals surface area contributed by atoms with Crippen molar-refractivity contribution < 1.29 is 9.53 Å². The summed E-state index contributed by atoms with van der Waals surface area (Å²) in [5.41, 5.74) is 6.88. The van der Waals surface area contributed by atoms with Crippen LogP contribution in [0.4, 0.5) is 0 Å². The van der Waals surface area contributed by atoms with E-state index in [9.17, 15) is 4.79 Å². The lowest BCUT2D eigenvalue weighted by atomic mass is 9.80. The van der Waals surface area contributed by atoms with E-state index in [1.807, 2.05) is 0 Å². The molecular formula is C17H24O2. The fourth-order valence-corrected chi connectivity index (χ4v) is 3.52. The zero-order valence-electron chi connectivity index (χ0n) is 12.5. The highest BCUT2D eigenvalue weighted by molar-refractivity contribution is 5.59. The zero-order chi connectivity index (χ0) is 14.0. The molecule has 0 bridgehead atoms. The van der Waals surface area contributed by atoms with Gasteiger partial charge in [0.25, 0.3) is 0 Å². The van der Waals surface area contributed by atoms with Gasteiger partial charge in [0.05, 0.1) is 7.11 Å². The maximum atomic E-state index is 10.8. The van der Waals surface area contributed by atoms with Crippen LogP contribution in [0.5, 0.6) is 5.75 Å². The minimum absolute atomic E-state index is 0.235. The standard InChI is InChI=1S/C17H24O2/c1-11(9-10-18)16-12(2)14-7-5-6-8-15(14)13(3)17(16)19-4/h10-11H,5-9H2,1-4H3. The molecular weight excluding hydrogens is 236 g/mol. The molecule has 2 nitrogen and oxygen atoms in total. The lowest BCUT2D eigenvalue weighted by molar-refractivity contribution is -0.108. The van der Waals surface area contributed by atoms with E-state index < -0.39 is 0 Å². The predicted octanol–water partition coefficient (Wildman–Crippen LogP) is 3.88. The first-order chi connectivity index (χ1) is 9.11. The summed E-state index contributed by atoms with van der Waals surface area (Å²) < 4.78 is 5.67. The highest BCUT2D eigenvalue weighted by Crippen LogP contribution is 2.41. The van der Waals surface area contributed by atoms with E-state index in [2.05, 4.69) is 20.8 Å². The molecule has 1 aromatic carbocycles. The van der Waals surface area contributed by atoms with Gasteiger partial charge in [0.2, 0.25) is 0 Å². The molecule has 0 aromatic heterocycles. The molecule has 0 N–H and O–H groups in total. The van der Waals surface area contributed by atoms with E-state index >= 15 is 0 Å². The zero-order valence-corrected chi connectivity index (χ0v) is 12.5. The monoisotopic (exact) mass is 260 g/mol. The number of hydrogen-bond donors (Lipinski definition) is 0. The van der Waals surface area contributed by atoms with Gasteiger partial charge in [-0.05, 0) is 67.7 Å². The van der Waals surface area contributed by atoms with E-state index in [1.165, 1.54) is 53.5 Å². The Kier molecular flexibility index (Phi) is 4.28. The minimum Gasteiger partial charge on any atom is -0.496 e. The highest BCUT2D eigenvalue weighted by atomic mass is 16.5. The van der Waals surface area contributed by atoms with Gasteiger partial charge in [0, 0.05) is 12.0 Å². The van der Waals surface area contributed by atoms with Crippen LogP contribution in [-0.2, 0) is 17.6 Å². The summed E-state index contributed by atoms with van der Waals surface area (Å²) in [5.74, 6) is 1.24. The summed E-state index contributed by atoms with van der Waals surface area (Å²) in [5, 5.41) is 0. The fraction of sp³-hybridized carbons (Fsp3) is 0.588. The van der Waals surface area contributed by atoms with E-state index in [4.69, 9.17) is 4.74 Å². The van der Waals surface area contributed by atoms with Crippen molar-refractivity contribution in [3.8, 4) is 5.75 Å².